The van der Waals surface area contributed by atoms with Crippen molar-refractivity contribution in [3.05, 3.63) is 70.8 Å². The minimum Gasteiger partial charge on any atom is -0.353 e. The minimum absolute atomic E-state index is 0.154. The molecule has 3 amide bonds. The van der Waals surface area contributed by atoms with Crippen LogP contribution in [0, 0.1) is 0 Å². The van der Waals surface area contributed by atoms with E-state index in [9.17, 15) is 14.4 Å². The third kappa shape index (κ3) is 3.56. The van der Waals surface area contributed by atoms with Crippen molar-refractivity contribution in [1.82, 2.24) is 15.1 Å². The number of hydrogen-bond donors (Lipinski definition) is 1. The molecular weight excluding hydrogens is 366 g/mol. The molecule has 0 saturated carbocycles. The molecule has 0 aliphatic carbocycles. The number of nitrogens with zero attached hydrogens (tertiary/aromatic N) is 2. The highest BCUT2D eigenvalue weighted by Gasteiger charge is 2.40. The molecular formula is C23H25N3O3. The predicted octanol–water partition coefficient (Wildman–Crippen LogP) is 2.23. The van der Waals surface area contributed by atoms with Gasteiger partial charge in [-0.15, -0.1) is 0 Å². The quantitative estimate of drug-likeness (QED) is 0.794. The Labute approximate surface area is 170 Å². The lowest BCUT2D eigenvalue weighted by molar-refractivity contribution is -0.124. The molecule has 2 aromatic rings. The standard InChI is InChI=1S/C23H25N3O3/c1-15(25-12-11-17-7-3-4-8-18(17)14-25)13-24-21(27)16(2)26-22(28)19-9-5-6-10-20(19)23(26)29/h3-10,15-16H,11-14H2,1-2H3,(H,24,27). The van der Waals surface area contributed by atoms with Gasteiger partial charge in [-0.05, 0) is 43.5 Å². The van der Waals surface area contributed by atoms with Crippen molar-refractivity contribution in [3.8, 4) is 0 Å². The third-order valence-electron chi connectivity index (χ3n) is 5.95. The summed E-state index contributed by atoms with van der Waals surface area (Å²) < 4.78 is 0. The molecule has 2 aromatic carbocycles. The second kappa shape index (κ2) is 7.79. The average molecular weight is 391 g/mol. The Bertz CT molecular complexity index is 936. The molecule has 1 N–H and O–H groups in total. The van der Waals surface area contributed by atoms with Crippen LogP contribution in [0.1, 0.15) is 45.7 Å². The molecule has 2 aliphatic rings. The van der Waals surface area contributed by atoms with Crippen molar-refractivity contribution in [3.63, 3.8) is 0 Å². The molecule has 150 valence electrons. The molecule has 0 saturated heterocycles. The number of carbonyl (C=O) groups excluding carboxylic acids is 3. The van der Waals surface area contributed by atoms with Gasteiger partial charge in [0.15, 0.2) is 0 Å². The maximum Gasteiger partial charge on any atom is 0.262 e. The summed E-state index contributed by atoms with van der Waals surface area (Å²) in [7, 11) is 0. The average Bonchev–Trinajstić information content (AvgIpc) is 3.01. The number of fused-ring (bicyclic) bond motifs is 2. The van der Waals surface area contributed by atoms with Crippen molar-refractivity contribution in [1.29, 1.82) is 0 Å². The van der Waals surface area contributed by atoms with Gasteiger partial charge in [-0.1, -0.05) is 36.4 Å². The van der Waals surface area contributed by atoms with E-state index >= 15 is 0 Å². The van der Waals surface area contributed by atoms with Gasteiger partial charge in [0.1, 0.15) is 6.04 Å². The van der Waals surface area contributed by atoms with E-state index in [1.807, 2.05) is 0 Å². The Morgan fingerprint density at radius 3 is 2.21 bits per heavy atom. The van der Waals surface area contributed by atoms with Crippen molar-refractivity contribution in [2.45, 2.75) is 38.9 Å². The van der Waals surface area contributed by atoms with Crippen LogP contribution in [0.5, 0.6) is 0 Å². The topological polar surface area (TPSA) is 69.7 Å². The molecule has 2 aliphatic heterocycles. The fourth-order valence-corrected chi connectivity index (χ4v) is 4.10. The molecule has 2 heterocycles. The fourth-order valence-electron chi connectivity index (χ4n) is 4.10. The Balaban J connectivity index is 1.35. The molecule has 0 aromatic heterocycles. The van der Waals surface area contributed by atoms with E-state index in [2.05, 4.69) is 41.4 Å². The highest BCUT2D eigenvalue weighted by atomic mass is 16.2. The zero-order chi connectivity index (χ0) is 20.5. The fraction of sp³-hybridized carbons (Fsp3) is 0.348. The van der Waals surface area contributed by atoms with Gasteiger partial charge in [0, 0.05) is 25.7 Å². The summed E-state index contributed by atoms with van der Waals surface area (Å²) in [5, 5.41) is 2.92. The molecule has 6 heteroatoms. The molecule has 2 unspecified atom stereocenters. The molecule has 0 fully saturated rings. The molecule has 29 heavy (non-hydrogen) atoms. The van der Waals surface area contributed by atoms with E-state index in [0.717, 1.165) is 24.4 Å². The highest BCUT2D eigenvalue weighted by Crippen LogP contribution is 2.24. The van der Waals surface area contributed by atoms with Crippen LogP contribution in [0.25, 0.3) is 0 Å². The summed E-state index contributed by atoms with van der Waals surface area (Å²) >= 11 is 0. The summed E-state index contributed by atoms with van der Waals surface area (Å²) in [6.45, 7) is 5.96. The number of amides is 3. The van der Waals surface area contributed by atoms with Crippen LogP contribution in [-0.4, -0.2) is 52.7 Å². The van der Waals surface area contributed by atoms with Crippen molar-refractivity contribution >= 4 is 17.7 Å². The first-order valence-electron chi connectivity index (χ1n) is 10.0. The van der Waals surface area contributed by atoms with Gasteiger partial charge < -0.3 is 5.32 Å². The van der Waals surface area contributed by atoms with Gasteiger partial charge in [-0.25, -0.2) is 0 Å². The summed E-state index contributed by atoms with van der Waals surface area (Å²) in [6, 6.07) is 14.4. The first-order chi connectivity index (χ1) is 14.0. The predicted molar refractivity (Wildman–Crippen MR) is 109 cm³/mol. The van der Waals surface area contributed by atoms with Gasteiger partial charge in [0.05, 0.1) is 11.1 Å². The van der Waals surface area contributed by atoms with Gasteiger partial charge in [0.2, 0.25) is 5.91 Å². The van der Waals surface area contributed by atoms with E-state index in [4.69, 9.17) is 0 Å². The van der Waals surface area contributed by atoms with Crippen LogP contribution in [-0.2, 0) is 17.8 Å². The van der Waals surface area contributed by atoms with E-state index < -0.39 is 17.9 Å². The van der Waals surface area contributed by atoms with E-state index in [0.29, 0.717) is 17.7 Å². The van der Waals surface area contributed by atoms with E-state index in [1.54, 1.807) is 31.2 Å². The van der Waals surface area contributed by atoms with E-state index in [-0.39, 0.29) is 11.9 Å². The third-order valence-corrected chi connectivity index (χ3v) is 5.95. The smallest absolute Gasteiger partial charge is 0.262 e. The monoisotopic (exact) mass is 391 g/mol. The lowest BCUT2D eigenvalue weighted by Crippen LogP contribution is -2.51. The van der Waals surface area contributed by atoms with Crippen molar-refractivity contribution in [2.24, 2.45) is 0 Å². The SMILES string of the molecule is CC(CNC(=O)C(C)N1C(=O)c2ccccc2C1=O)N1CCc2ccccc2C1. The summed E-state index contributed by atoms with van der Waals surface area (Å²) in [6.07, 6.45) is 1.000. The molecule has 0 radical (unpaired) electrons. The highest BCUT2D eigenvalue weighted by molar-refractivity contribution is 6.22. The Kier molecular flexibility index (Phi) is 5.20. The Hall–Kier alpha value is -2.99. The van der Waals surface area contributed by atoms with Crippen LogP contribution < -0.4 is 5.32 Å². The van der Waals surface area contributed by atoms with Crippen LogP contribution in [0.4, 0.5) is 0 Å². The van der Waals surface area contributed by atoms with Crippen LogP contribution in [0.15, 0.2) is 48.5 Å². The van der Waals surface area contributed by atoms with Crippen LogP contribution in [0.3, 0.4) is 0 Å². The van der Waals surface area contributed by atoms with Gasteiger partial charge in [0.25, 0.3) is 11.8 Å². The summed E-state index contributed by atoms with van der Waals surface area (Å²) in [5.74, 6) is -1.13. The molecule has 6 nitrogen and oxygen atoms in total. The zero-order valence-corrected chi connectivity index (χ0v) is 16.7. The second-order valence-electron chi connectivity index (χ2n) is 7.79. The maximum absolute atomic E-state index is 12.7. The first kappa shape index (κ1) is 19.3. The van der Waals surface area contributed by atoms with Crippen LogP contribution >= 0.6 is 0 Å². The number of benzene rings is 2. The molecule has 0 spiro atoms. The molecule has 4 rings (SSSR count). The Morgan fingerprint density at radius 1 is 0.966 bits per heavy atom. The van der Waals surface area contributed by atoms with Gasteiger partial charge in [-0.3, -0.25) is 24.2 Å². The molecule has 2 atom stereocenters. The first-order valence-corrected chi connectivity index (χ1v) is 10.0. The number of nitrogens with one attached hydrogen (secondary N) is 1. The zero-order valence-electron chi connectivity index (χ0n) is 16.7. The van der Waals surface area contributed by atoms with E-state index in [1.165, 1.54) is 11.1 Å². The summed E-state index contributed by atoms with van der Waals surface area (Å²) in [5.41, 5.74) is 3.44. The maximum atomic E-state index is 12.7. The van der Waals surface area contributed by atoms with Gasteiger partial charge >= 0.3 is 0 Å². The largest absolute Gasteiger partial charge is 0.353 e. The van der Waals surface area contributed by atoms with Crippen molar-refractivity contribution in [2.75, 3.05) is 13.1 Å². The second-order valence-corrected chi connectivity index (χ2v) is 7.79. The molecule has 0 bridgehead atoms. The number of hydrogen-bond acceptors (Lipinski definition) is 4. The number of carbonyl (C=O) groups is 3. The lowest BCUT2D eigenvalue weighted by atomic mass is 9.99. The normalized spacial score (nSPS) is 18.2. The number of rotatable bonds is 5. The number of imide groups is 1. The van der Waals surface area contributed by atoms with Crippen LogP contribution in [0.2, 0.25) is 0 Å². The van der Waals surface area contributed by atoms with Crippen molar-refractivity contribution < 1.29 is 14.4 Å². The lowest BCUT2D eigenvalue weighted by Gasteiger charge is -2.34. The van der Waals surface area contributed by atoms with Gasteiger partial charge in [-0.2, -0.15) is 0 Å². The Morgan fingerprint density at radius 2 is 1.55 bits per heavy atom. The minimum atomic E-state index is -0.850. The summed E-state index contributed by atoms with van der Waals surface area (Å²) in [4.78, 5) is 41.2.